The second-order valence-corrected chi connectivity index (χ2v) is 4.62. The summed E-state index contributed by atoms with van der Waals surface area (Å²) in [6.07, 6.45) is 1.48. The van der Waals surface area contributed by atoms with E-state index in [1.165, 1.54) is 6.07 Å². The molecule has 2 rings (SSSR count). The molecule has 3 N–H and O–H groups in total. The minimum atomic E-state index is -0.451. The average Bonchev–Trinajstić information content (AvgIpc) is 2.30. The standard InChI is InChI=1S/C11H14N2O4S/c1-6-4-7(15)8(5-14)17-10(6)13-3-2-9(16)12-11(13)18/h2-3,6,10,14-15H,4-5H2,1H3,(H,12,16,18)/t6?,10-/m1/s1. The zero-order chi connectivity index (χ0) is 13.3. The molecule has 0 amide bonds. The number of aliphatic hydroxyl groups is 2. The maximum atomic E-state index is 11.1. The van der Waals surface area contributed by atoms with Gasteiger partial charge in [-0.1, -0.05) is 6.92 Å². The third-order valence-corrected chi connectivity index (χ3v) is 3.17. The lowest BCUT2D eigenvalue weighted by atomic mass is 10.0. The smallest absolute Gasteiger partial charge is 0.251 e. The van der Waals surface area contributed by atoms with Crippen LogP contribution in [0.2, 0.25) is 0 Å². The molecule has 1 unspecified atom stereocenters. The highest BCUT2D eigenvalue weighted by atomic mass is 32.1. The molecule has 2 atom stereocenters. The number of aromatic amines is 1. The van der Waals surface area contributed by atoms with Gasteiger partial charge in [-0.25, -0.2) is 0 Å². The van der Waals surface area contributed by atoms with Crippen LogP contribution < -0.4 is 5.56 Å². The first kappa shape index (κ1) is 12.8. The molecule has 6 nitrogen and oxygen atoms in total. The molecule has 18 heavy (non-hydrogen) atoms. The highest BCUT2D eigenvalue weighted by Crippen LogP contribution is 2.33. The number of ether oxygens (including phenoxy) is 1. The fourth-order valence-corrected chi connectivity index (χ4v) is 2.20. The molecule has 0 radical (unpaired) electrons. The third kappa shape index (κ3) is 2.32. The number of H-pyrrole nitrogens is 1. The molecule has 1 aliphatic rings. The van der Waals surface area contributed by atoms with Gasteiger partial charge in [-0.3, -0.25) is 14.3 Å². The van der Waals surface area contributed by atoms with Crippen LogP contribution in [-0.4, -0.2) is 26.4 Å². The largest absolute Gasteiger partial charge is 0.509 e. The molecular formula is C11H14N2O4S. The molecule has 0 bridgehead atoms. The molecule has 0 fully saturated rings. The SMILES string of the molecule is CC1CC(O)=C(CO)O[C@H]1n1ccc(=O)[nH]c1=S. The van der Waals surface area contributed by atoms with Crippen LogP contribution >= 0.6 is 12.2 Å². The van der Waals surface area contributed by atoms with E-state index in [9.17, 15) is 9.90 Å². The lowest BCUT2D eigenvalue weighted by Gasteiger charge is -2.32. The summed E-state index contributed by atoms with van der Waals surface area (Å²) >= 11 is 5.06. The fourth-order valence-electron chi connectivity index (χ4n) is 1.94. The van der Waals surface area contributed by atoms with Gasteiger partial charge in [-0.2, -0.15) is 0 Å². The van der Waals surface area contributed by atoms with Gasteiger partial charge < -0.3 is 14.9 Å². The Morgan fingerprint density at radius 1 is 1.67 bits per heavy atom. The summed E-state index contributed by atoms with van der Waals surface area (Å²) in [6, 6.07) is 1.35. The molecule has 1 aliphatic heterocycles. The second kappa shape index (κ2) is 4.95. The summed E-state index contributed by atoms with van der Waals surface area (Å²) in [4.78, 5) is 13.6. The van der Waals surface area contributed by atoms with Gasteiger partial charge in [0.25, 0.3) is 5.56 Å². The highest BCUT2D eigenvalue weighted by molar-refractivity contribution is 7.71. The Morgan fingerprint density at radius 2 is 2.39 bits per heavy atom. The number of hydrogen-bond acceptors (Lipinski definition) is 5. The van der Waals surface area contributed by atoms with Gasteiger partial charge in [0.05, 0.1) is 0 Å². The summed E-state index contributed by atoms with van der Waals surface area (Å²) in [6.45, 7) is 1.52. The van der Waals surface area contributed by atoms with Crippen molar-refractivity contribution in [2.45, 2.75) is 19.6 Å². The molecule has 2 heterocycles. The number of rotatable bonds is 2. The van der Waals surface area contributed by atoms with Crippen molar-refractivity contribution < 1.29 is 14.9 Å². The van der Waals surface area contributed by atoms with E-state index in [-0.39, 0.29) is 34.4 Å². The molecular weight excluding hydrogens is 256 g/mol. The Labute approximate surface area is 108 Å². The maximum Gasteiger partial charge on any atom is 0.251 e. The summed E-state index contributed by atoms with van der Waals surface area (Å²) in [5, 5.41) is 18.7. The van der Waals surface area contributed by atoms with Crippen molar-refractivity contribution in [2.24, 2.45) is 5.92 Å². The zero-order valence-corrected chi connectivity index (χ0v) is 10.6. The molecule has 1 aromatic rings. The Morgan fingerprint density at radius 3 is 3.00 bits per heavy atom. The summed E-state index contributed by atoms with van der Waals surface area (Å²) in [7, 11) is 0. The quantitative estimate of drug-likeness (QED) is 0.703. The highest BCUT2D eigenvalue weighted by Gasteiger charge is 2.29. The van der Waals surface area contributed by atoms with Crippen LogP contribution in [0, 0.1) is 10.7 Å². The van der Waals surface area contributed by atoms with E-state index in [0.717, 1.165) is 0 Å². The molecule has 1 aromatic heterocycles. The topological polar surface area (TPSA) is 87.5 Å². The second-order valence-electron chi connectivity index (χ2n) is 4.24. The van der Waals surface area contributed by atoms with E-state index in [0.29, 0.717) is 6.42 Å². The van der Waals surface area contributed by atoms with Crippen LogP contribution in [0.15, 0.2) is 28.6 Å². The van der Waals surface area contributed by atoms with Gasteiger partial charge in [0.15, 0.2) is 16.8 Å². The molecule has 98 valence electrons. The minimum absolute atomic E-state index is 0.0297. The van der Waals surface area contributed by atoms with Crippen LogP contribution in [0.3, 0.4) is 0 Å². The first-order chi connectivity index (χ1) is 8.52. The van der Waals surface area contributed by atoms with Crippen molar-refractivity contribution in [2.75, 3.05) is 6.61 Å². The molecule has 0 spiro atoms. The fraction of sp³-hybridized carbons (Fsp3) is 0.455. The van der Waals surface area contributed by atoms with Gasteiger partial charge in [-0.05, 0) is 12.2 Å². The molecule has 7 heteroatoms. The lowest BCUT2D eigenvalue weighted by molar-refractivity contribution is -0.0339. The monoisotopic (exact) mass is 270 g/mol. The summed E-state index contributed by atoms with van der Waals surface area (Å²) < 4.78 is 7.37. The Hall–Kier alpha value is -1.60. The summed E-state index contributed by atoms with van der Waals surface area (Å²) in [5.41, 5.74) is -0.277. The van der Waals surface area contributed by atoms with E-state index in [4.69, 9.17) is 22.1 Å². The van der Waals surface area contributed by atoms with E-state index in [1.54, 1.807) is 10.8 Å². The average molecular weight is 270 g/mol. The van der Waals surface area contributed by atoms with Crippen molar-refractivity contribution >= 4 is 12.2 Å². The van der Waals surface area contributed by atoms with Gasteiger partial charge in [-0.15, -0.1) is 0 Å². The normalized spacial score (nSPS) is 23.9. The van der Waals surface area contributed by atoms with Crippen molar-refractivity contribution in [1.82, 2.24) is 9.55 Å². The Kier molecular flexibility index (Phi) is 3.53. The van der Waals surface area contributed by atoms with E-state index in [1.807, 2.05) is 6.92 Å². The van der Waals surface area contributed by atoms with E-state index < -0.39 is 6.23 Å². The van der Waals surface area contributed by atoms with Gasteiger partial charge in [0.2, 0.25) is 0 Å². The molecule has 0 saturated carbocycles. The number of nitrogens with zero attached hydrogens (tertiary/aromatic N) is 1. The van der Waals surface area contributed by atoms with Crippen LogP contribution in [0.25, 0.3) is 0 Å². The lowest BCUT2D eigenvalue weighted by Crippen LogP contribution is -2.28. The van der Waals surface area contributed by atoms with Crippen LogP contribution in [0.1, 0.15) is 19.6 Å². The van der Waals surface area contributed by atoms with E-state index >= 15 is 0 Å². The van der Waals surface area contributed by atoms with E-state index in [2.05, 4.69) is 4.98 Å². The number of nitrogens with one attached hydrogen (secondary N) is 1. The first-order valence-electron chi connectivity index (χ1n) is 5.53. The molecule has 0 aliphatic carbocycles. The third-order valence-electron chi connectivity index (χ3n) is 2.86. The zero-order valence-electron chi connectivity index (χ0n) is 9.79. The van der Waals surface area contributed by atoms with Crippen LogP contribution in [0.4, 0.5) is 0 Å². The van der Waals surface area contributed by atoms with Crippen molar-refractivity contribution in [3.05, 3.63) is 38.9 Å². The first-order valence-corrected chi connectivity index (χ1v) is 5.93. The van der Waals surface area contributed by atoms with Crippen molar-refractivity contribution in [1.29, 1.82) is 0 Å². The predicted molar refractivity (Wildman–Crippen MR) is 66.5 cm³/mol. The van der Waals surface area contributed by atoms with Crippen molar-refractivity contribution in [3.63, 3.8) is 0 Å². The number of allylic oxidation sites excluding steroid dienone is 1. The van der Waals surface area contributed by atoms with Crippen molar-refractivity contribution in [3.8, 4) is 0 Å². The number of aliphatic hydroxyl groups excluding tert-OH is 2. The predicted octanol–water partition coefficient (Wildman–Crippen LogP) is 1.22. The van der Waals surface area contributed by atoms with Gasteiger partial charge in [0, 0.05) is 24.6 Å². The van der Waals surface area contributed by atoms with Crippen LogP contribution in [0.5, 0.6) is 0 Å². The summed E-state index contributed by atoms with van der Waals surface area (Å²) in [5.74, 6) is 0.168. The van der Waals surface area contributed by atoms with Crippen LogP contribution in [-0.2, 0) is 4.74 Å². The minimum Gasteiger partial charge on any atom is -0.509 e. The number of hydrogen-bond donors (Lipinski definition) is 3. The number of aromatic nitrogens is 2. The molecule has 0 saturated heterocycles. The van der Waals surface area contributed by atoms with Gasteiger partial charge >= 0.3 is 0 Å². The maximum absolute atomic E-state index is 11.1. The Balaban J connectivity index is 2.40. The molecule has 0 aromatic carbocycles. The van der Waals surface area contributed by atoms with Gasteiger partial charge in [0.1, 0.15) is 12.4 Å². The Bertz CT molecular complexity index is 589.